The monoisotopic (exact) mass is 310 g/mol. The number of amides is 1. The molecule has 1 heterocycles. The van der Waals surface area contributed by atoms with Crippen LogP contribution in [0, 0.1) is 0 Å². The number of hydrogen-bond donors (Lipinski definition) is 1. The van der Waals surface area contributed by atoms with Gasteiger partial charge in [-0.25, -0.2) is 8.42 Å². The van der Waals surface area contributed by atoms with Crippen LogP contribution in [0.2, 0.25) is 0 Å². The number of aliphatic imine (C=N–C) groups is 1. The maximum Gasteiger partial charge on any atom is 0.244 e. The Kier molecular flexibility index (Phi) is 5.08. The van der Waals surface area contributed by atoms with E-state index in [0.717, 1.165) is 0 Å². The number of nitrogens with zero attached hydrogens (tertiary/aromatic N) is 1. The summed E-state index contributed by atoms with van der Waals surface area (Å²) < 4.78 is 30.0. The Balaban J connectivity index is 2.03. The van der Waals surface area contributed by atoms with Crippen LogP contribution in [-0.2, 0) is 19.4 Å². The van der Waals surface area contributed by atoms with E-state index in [1.54, 1.807) is 18.2 Å². The molecule has 2 rings (SSSR count). The van der Waals surface area contributed by atoms with Gasteiger partial charge in [0.2, 0.25) is 5.91 Å². The normalized spacial score (nSPS) is 19.0. The fourth-order valence-electron chi connectivity index (χ4n) is 2.01. The molecule has 0 spiro atoms. The molecule has 114 valence electrons. The van der Waals surface area contributed by atoms with Gasteiger partial charge in [-0.3, -0.25) is 9.79 Å². The van der Waals surface area contributed by atoms with E-state index in [9.17, 15) is 13.2 Å². The topological polar surface area (TPSA) is 84.8 Å². The second kappa shape index (κ2) is 6.82. The highest BCUT2D eigenvalue weighted by Crippen LogP contribution is 2.30. The van der Waals surface area contributed by atoms with Crippen LogP contribution in [0.5, 0.6) is 0 Å². The minimum Gasteiger partial charge on any atom is -0.382 e. The molecule has 1 aromatic rings. The fraction of sp³-hybridized carbons (Fsp3) is 0.429. The Morgan fingerprint density at radius 1 is 1.38 bits per heavy atom. The number of benzene rings is 1. The van der Waals surface area contributed by atoms with Gasteiger partial charge in [0, 0.05) is 26.0 Å². The highest BCUT2D eigenvalue weighted by atomic mass is 32.2. The molecule has 6 nitrogen and oxygen atoms in total. The molecule has 7 heteroatoms. The van der Waals surface area contributed by atoms with Crippen molar-refractivity contribution in [1.29, 1.82) is 0 Å². The molecule has 21 heavy (non-hydrogen) atoms. The molecule has 0 fully saturated rings. The smallest absolute Gasteiger partial charge is 0.244 e. The Morgan fingerprint density at radius 3 is 2.90 bits per heavy atom. The van der Waals surface area contributed by atoms with E-state index < -0.39 is 21.0 Å². The highest BCUT2D eigenvalue weighted by Gasteiger charge is 2.36. The largest absolute Gasteiger partial charge is 0.382 e. The van der Waals surface area contributed by atoms with Crippen molar-refractivity contribution in [3.63, 3.8) is 0 Å². The Bertz CT molecular complexity index is 640. The van der Waals surface area contributed by atoms with Crippen molar-refractivity contribution in [3.05, 3.63) is 24.3 Å². The summed E-state index contributed by atoms with van der Waals surface area (Å²) in [5.74, 6) is -0.551. The van der Waals surface area contributed by atoms with Gasteiger partial charge < -0.3 is 10.1 Å². The third-order valence-corrected chi connectivity index (χ3v) is 5.04. The summed E-state index contributed by atoms with van der Waals surface area (Å²) in [7, 11) is -3.72. The van der Waals surface area contributed by atoms with Crippen molar-refractivity contribution >= 4 is 27.6 Å². The second-order valence-corrected chi connectivity index (χ2v) is 6.59. The highest BCUT2D eigenvalue weighted by molar-refractivity contribution is 7.93. The zero-order valence-electron chi connectivity index (χ0n) is 11.8. The first-order valence-corrected chi connectivity index (χ1v) is 8.34. The number of carbonyl (C=O) groups excluding carboxylic acids is 1. The first-order valence-electron chi connectivity index (χ1n) is 6.80. The first kappa shape index (κ1) is 15.7. The van der Waals surface area contributed by atoms with Gasteiger partial charge in [-0.1, -0.05) is 12.1 Å². The van der Waals surface area contributed by atoms with E-state index in [2.05, 4.69) is 10.3 Å². The summed E-state index contributed by atoms with van der Waals surface area (Å²) in [6.45, 7) is 3.42. The lowest BCUT2D eigenvalue weighted by Crippen LogP contribution is -2.42. The van der Waals surface area contributed by atoms with Crippen LogP contribution in [-0.4, -0.2) is 45.5 Å². The van der Waals surface area contributed by atoms with Crippen molar-refractivity contribution in [2.45, 2.75) is 23.5 Å². The van der Waals surface area contributed by atoms with Gasteiger partial charge in [0.15, 0.2) is 15.1 Å². The lowest BCUT2D eigenvalue weighted by atomic mass is 10.3. The molecule has 1 unspecified atom stereocenters. The Labute approximate surface area is 124 Å². The molecule has 0 aliphatic carbocycles. The van der Waals surface area contributed by atoms with Crippen LogP contribution < -0.4 is 5.32 Å². The van der Waals surface area contributed by atoms with Gasteiger partial charge >= 0.3 is 0 Å². The molecule has 0 radical (unpaired) electrons. The zero-order chi connectivity index (χ0) is 15.3. The van der Waals surface area contributed by atoms with Crippen LogP contribution in [0.4, 0.5) is 5.69 Å². The van der Waals surface area contributed by atoms with Crippen LogP contribution in [0.15, 0.2) is 34.2 Å². The van der Waals surface area contributed by atoms with Crippen molar-refractivity contribution in [1.82, 2.24) is 5.32 Å². The average Bonchev–Trinajstić information content (AvgIpc) is 2.47. The predicted molar refractivity (Wildman–Crippen MR) is 79.7 cm³/mol. The summed E-state index contributed by atoms with van der Waals surface area (Å²) in [6, 6.07) is 6.41. The summed E-state index contributed by atoms with van der Waals surface area (Å²) in [6.07, 6.45) is 1.83. The number of fused-ring (bicyclic) bond motifs is 1. The van der Waals surface area contributed by atoms with E-state index in [-0.39, 0.29) is 4.90 Å². The fourth-order valence-corrected chi connectivity index (χ4v) is 3.55. The molecule has 0 aromatic heterocycles. The summed E-state index contributed by atoms with van der Waals surface area (Å²) in [5, 5.41) is 1.34. The molecule has 0 saturated carbocycles. The third kappa shape index (κ3) is 3.48. The van der Waals surface area contributed by atoms with E-state index in [4.69, 9.17) is 4.74 Å². The van der Waals surface area contributed by atoms with Crippen LogP contribution >= 0.6 is 0 Å². The maximum atomic E-state index is 12.4. The van der Waals surface area contributed by atoms with E-state index in [1.807, 2.05) is 6.92 Å². The lowest BCUT2D eigenvalue weighted by Gasteiger charge is -2.18. The van der Waals surface area contributed by atoms with Gasteiger partial charge in [-0.15, -0.1) is 0 Å². The molecule has 0 bridgehead atoms. The number of para-hydroxylation sites is 1. The molecule has 1 atom stereocenters. The Morgan fingerprint density at radius 2 is 2.14 bits per heavy atom. The third-order valence-electron chi connectivity index (χ3n) is 3.08. The van der Waals surface area contributed by atoms with E-state index in [0.29, 0.717) is 31.9 Å². The molecule has 1 aliphatic rings. The molecule has 1 N–H and O–H groups in total. The number of ether oxygens (including phenoxy) is 1. The summed E-state index contributed by atoms with van der Waals surface area (Å²) in [5.41, 5.74) is 0.373. The second-order valence-electron chi connectivity index (χ2n) is 4.55. The number of rotatable bonds is 6. The number of sulfone groups is 1. The van der Waals surface area contributed by atoms with Gasteiger partial charge in [-0.2, -0.15) is 0 Å². The first-order chi connectivity index (χ1) is 10.1. The quantitative estimate of drug-likeness (QED) is 0.797. The molecule has 1 aliphatic heterocycles. The Hall–Kier alpha value is -1.73. The number of nitrogens with one attached hydrogen (secondary N) is 1. The standard InChI is InChI=1S/C14H18N2O4S/c1-2-20-9-5-8-15-14(17)13-10-16-11-6-3-4-7-12(11)21(13,18)19/h3-4,6-7,10,13H,2,5,8-9H2,1H3,(H,15,17). The molecule has 0 saturated heterocycles. The van der Waals surface area contributed by atoms with Crippen molar-refractivity contribution in [2.24, 2.45) is 4.99 Å². The number of hydrogen-bond acceptors (Lipinski definition) is 5. The van der Waals surface area contributed by atoms with E-state index in [1.165, 1.54) is 12.3 Å². The maximum absolute atomic E-state index is 12.4. The molecule has 1 aromatic carbocycles. The van der Waals surface area contributed by atoms with Crippen molar-refractivity contribution < 1.29 is 17.9 Å². The van der Waals surface area contributed by atoms with Crippen LogP contribution in [0.25, 0.3) is 0 Å². The summed E-state index contributed by atoms with van der Waals surface area (Å²) in [4.78, 5) is 16.2. The minimum absolute atomic E-state index is 0.0990. The van der Waals surface area contributed by atoms with Crippen LogP contribution in [0.3, 0.4) is 0 Å². The van der Waals surface area contributed by atoms with Crippen molar-refractivity contribution in [2.75, 3.05) is 19.8 Å². The average molecular weight is 310 g/mol. The molecular formula is C14H18N2O4S. The van der Waals surface area contributed by atoms with Gasteiger partial charge in [0.25, 0.3) is 0 Å². The van der Waals surface area contributed by atoms with Gasteiger partial charge in [0.05, 0.1) is 10.6 Å². The van der Waals surface area contributed by atoms with Gasteiger partial charge in [0.1, 0.15) is 0 Å². The van der Waals surface area contributed by atoms with Crippen LogP contribution in [0.1, 0.15) is 13.3 Å². The van der Waals surface area contributed by atoms with Gasteiger partial charge in [-0.05, 0) is 25.5 Å². The van der Waals surface area contributed by atoms with E-state index >= 15 is 0 Å². The summed E-state index contributed by atoms with van der Waals surface area (Å²) >= 11 is 0. The zero-order valence-corrected chi connectivity index (χ0v) is 12.6. The number of carbonyl (C=O) groups is 1. The van der Waals surface area contributed by atoms with Crippen molar-refractivity contribution in [3.8, 4) is 0 Å². The minimum atomic E-state index is -3.72. The SMILES string of the molecule is CCOCCCNC(=O)C1C=Nc2ccccc2S1(=O)=O. The lowest BCUT2D eigenvalue weighted by molar-refractivity contribution is -0.119. The molecular weight excluding hydrogens is 292 g/mol. The predicted octanol–water partition coefficient (Wildman–Crippen LogP) is 1.09. The molecule has 1 amide bonds.